The molecule has 0 fully saturated rings. The number of rotatable bonds is 6. The molecule has 0 amide bonds. The molecule has 4 nitrogen and oxygen atoms in total. The van der Waals surface area contributed by atoms with E-state index in [1.165, 1.54) is 0 Å². The summed E-state index contributed by atoms with van der Waals surface area (Å²) in [7, 11) is 1.71. The fourth-order valence-electron chi connectivity index (χ4n) is 2.26. The van der Waals surface area contributed by atoms with Crippen LogP contribution in [0.5, 0.6) is 5.75 Å². The summed E-state index contributed by atoms with van der Waals surface area (Å²) in [6, 6.07) is 0.285. The van der Waals surface area contributed by atoms with Crippen LogP contribution in [0.15, 0.2) is 6.20 Å². The van der Waals surface area contributed by atoms with Crippen molar-refractivity contribution >= 4 is 0 Å². The molecule has 1 unspecified atom stereocenters. The molecule has 1 rings (SSSR count). The summed E-state index contributed by atoms with van der Waals surface area (Å²) in [4.78, 5) is 0. The molecule has 0 aliphatic carbocycles. The van der Waals surface area contributed by atoms with Gasteiger partial charge in [-0.1, -0.05) is 27.7 Å². The van der Waals surface area contributed by atoms with Crippen LogP contribution < -0.4 is 10.1 Å². The number of aromatic nitrogens is 2. The van der Waals surface area contributed by atoms with Crippen LogP contribution in [0.25, 0.3) is 0 Å². The number of hydrogen-bond acceptors (Lipinski definition) is 3. The van der Waals surface area contributed by atoms with Crippen molar-refractivity contribution in [3.63, 3.8) is 0 Å². The lowest BCUT2D eigenvalue weighted by molar-refractivity contribution is 0.296. The van der Waals surface area contributed by atoms with Gasteiger partial charge in [0.1, 0.15) is 0 Å². The molecule has 18 heavy (non-hydrogen) atoms. The van der Waals surface area contributed by atoms with Gasteiger partial charge in [0.25, 0.3) is 0 Å². The average molecular weight is 253 g/mol. The van der Waals surface area contributed by atoms with Crippen LogP contribution in [0.4, 0.5) is 0 Å². The minimum absolute atomic E-state index is 0.265. The summed E-state index contributed by atoms with van der Waals surface area (Å²) in [6.07, 6.45) is 2.87. The molecule has 1 aromatic rings. The third kappa shape index (κ3) is 3.73. The third-order valence-corrected chi connectivity index (χ3v) is 2.96. The first kappa shape index (κ1) is 15.0. The average Bonchev–Trinajstić information content (AvgIpc) is 2.69. The molecule has 1 heterocycles. The van der Waals surface area contributed by atoms with Gasteiger partial charge < -0.3 is 10.1 Å². The lowest BCUT2D eigenvalue weighted by Gasteiger charge is -2.27. The van der Waals surface area contributed by atoms with Gasteiger partial charge in [-0.3, -0.25) is 4.68 Å². The number of hydrogen-bond donors (Lipinski definition) is 1. The van der Waals surface area contributed by atoms with Crippen molar-refractivity contribution < 1.29 is 4.74 Å². The smallest absolute Gasteiger partial charge is 0.161 e. The van der Waals surface area contributed by atoms with E-state index < -0.39 is 0 Å². The molecule has 4 heteroatoms. The molecule has 0 saturated heterocycles. The number of methoxy groups -OCH3 is 1. The van der Waals surface area contributed by atoms with E-state index in [0.717, 1.165) is 31.0 Å². The first-order valence-electron chi connectivity index (χ1n) is 6.76. The molecule has 0 saturated carbocycles. The molecule has 0 aromatic carbocycles. The Kier molecular flexibility index (Phi) is 5.20. The van der Waals surface area contributed by atoms with E-state index in [-0.39, 0.29) is 11.5 Å². The van der Waals surface area contributed by atoms with Gasteiger partial charge in [-0.05, 0) is 25.3 Å². The highest BCUT2D eigenvalue weighted by molar-refractivity contribution is 5.28. The van der Waals surface area contributed by atoms with Crippen LogP contribution in [0.3, 0.4) is 0 Å². The van der Waals surface area contributed by atoms with Crippen LogP contribution in [0.2, 0.25) is 0 Å². The highest BCUT2D eigenvalue weighted by atomic mass is 16.5. The summed E-state index contributed by atoms with van der Waals surface area (Å²) in [5, 5.41) is 7.94. The Labute approximate surface area is 111 Å². The number of ether oxygens (including phenoxy) is 1. The predicted octanol–water partition coefficient (Wildman–Crippen LogP) is 3.00. The van der Waals surface area contributed by atoms with Gasteiger partial charge in [0.05, 0.1) is 25.0 Å². The molecular formula is C14H27N3O. The van der Waals surface area contributed by atoms with Crippen molar-refractivity contribution in [2.75, 3.05) is 13.7 Å². The van der Waals surface area contributed by atoms with E-state index >= 15 is 0 Å². The minimum Gasteiger partial charge on any atom is -0.493 e. The molecule has 0 bridgehead atoms. The van der Waals surface area contributed by atoms with Gasteiger partial charge >= 0.3 is 0 Å². The molecule has 0 aliphatic rings. The molecule has 104 valence electrons. The zero-order valence-electron chi connectivity index (χ0n) is 12.6. The van der Waals surface area contributed by atoms with E-state index in [9.17, 15) is 0 Å². The molecule has 0 spiro atoms. The second kappa shape index (κ2) is 6.23. The zero-order valence-corrected chi connectivity index (χ0v) is 12.6. The number of aryl methyl sites for hydroxylation is 1. The zero-order chi connectivity index (χ0) is 13.8. The summed E-state index contributed by atoms with van der Waals surface area (Å²) in [6.45, 7) is 12.8. The Morgan fingerprint density at radius 1 is 1.39 bits per heavy atom. The van der Waals surface area contributed by atoms with Crippen LogP contribution in [-0.2, 0) is 6.54 Å². The second-order valence-electron chi connectivity index (χ2n) is 5.79. The Morgan fingerprint density at radius 3 is 2.50 bits per heavy atom. The maximum absolute atomic E-state index is 5.45. The number of nitrogens with one attached hydrogen (secondary N) is 1. The van der Waals surface area contributed by atoms with Gasteiger partial charge in [-0.15, -0.1) is 0 Å². The van der Waals surface area contributed by atoms with E-state index in [4.69, 9.17) is 4.74 Å². The SMILES string of the molecule is CCNC(CC(C)(C)C)c1c(OC)cnn1CC. The Morgan fingerprint density at radius 2 is 2.06 bits per heavy atom. The van der Waals surface area contributed by atoms with Crippen molar-refractivity contribution in [1.82, 2.24) is 15.1 Å². The van der Waals surface area contributed by atoms with Gasteiger partial charge in [0.15, 0.2) is 5.75 Å². The van der Waals surface area contributed by atoms with Crippen molar-refractivity contribution in [1.29, 1.82) is 0 Å². The van der Waals surface area contributed by atoms with Crippen LogP contribution >= 0.6 is 0 Å². The van der Waals surface area contributed by atoms with E-state index in [2.05, 4.69) is 45.0 Å². The molecule has 0 aliphatic heterocycles. The van der Waals surface area contributed by atoms with Gasteiger partial charge in [-0.25, -0.2) is 0 Å². The highest BCUT2D eigenvalue weighted by Crippen LogP contribution is 2.33. The summed E-state index contributed by atoms with van der Waals surface area (Å²) in [5.74, 6) is 0.882. The monoisotopic (exact) mass is 253 g/mol. The lowest BCUT2D eigenvalue weighted by atomic mass is 9.86. The fourth-order valence-corrected chi connectivity index (χ4v) is 2.26. The molecule has 1 N–H and O–H groups in total. The topological polar surface area (TPSA) is 39.1 Å². The predicted molar refractivity (Wildman–Crippen MR) is 74.9 cm³/mol. The fraction of sp³-hybridized carbons (Fsp3) is 0.786. The third-order valence-electron chi connectivity index (χ3n) is 2.96. The Hall–Kier alpha value is -1.03. The van der Waals surface area contributed by atoms with Crippen molar-refractivity contribution in [3.05, 3.63) is 11.9 Å². The number of nitrogens with zero attached hydrogens (tertiary/aromatic N) is 2. The van der Waals surface area contributed by atoms with E-state index in [0.29, 0.717) is 0 Å². The molecule has 0 radical (unpaired) electrons. The molecule has 1 atom stereocenters. The van der Waals surface area contributed by atoms with Crippen molar-refractivity contribution in [2.45, 2.75) is 53.6 Å². The lowest BCUT2D eigenvalue weighted by Crippen LogP contribution is -2.28. The largest absolute Gasteiger partial charge is 0.493 e. The summed E-state index contributed by atoms with van der Waals surface area (Å²) in [5.41, 5.74) is 1.43. The first-order valence-corrected chi connectivity index (χ1v) is 6.76. The van der Waals surface area contributed by atoms with Crippen molar-refractivity contribution in [2.24, 2.45) is 5.41 Å². The van der Waals surface area contributed by atoms with Gasteiger partial charge in [0, 0.05) is 6.54 Å². The van der Waals surface area contributed by atoms with E-state index in [1.54, 1.807) is 7.11 Å². The summed E-state index contributed by atoms with van der Waals surface area (Å²) < 4.78 is 7.47. The molecule has 1 aromatic heterocycles. The Balaban J connectivity index is 3.07. The Bertz CT molecular complexity index is 344. The maximum Gasteiger partial charge on any atom is 0.161 e. The normalized spacial score (nSPS) is 13.7. The quantitative estimate of drug-likeness (QED) is 0.847. The first-order chi connectivity index (χ1) is 8.42. The van der Waals surface area contributed by atoms with Gasteiger partial charge in [-0.2, -0.15) is 5.10 Å². The van der Waals surface area contributed by atoms with Crippen LogP contribution in [-0.4, -0.2) is 23.4 Å². The standard InChI is InChI=1S/C14H27N3O/c1-7-15-11(9-14(3,4)5)13-12(18-6)10-16-17(13)8-2/h10-11,15H,7-9H2,1-6H3. The van der Waals surface area contributed by atoms with E-state index in [1.807, 2.05) is 10.9 Å². The van der Waals surface area contributed by atoms with Crippen LogP contribution in [0, 0.1) is 5.41 Å². The van der Waals surface area contributed by atoms with Crippen molar-refractivity contribution in [3.8, 4) is 5.75 Å². The minimum atomic E-state index is 0.265. The van der Waals surface area contributed by atoms with Gasteiger partial charge in [0.2, 0.25) is 0 Å². The highest BCUT2D eigenvalue weighted by Gasteiger charge is 2.25. The summed E-state index contributed by atoms with van der Waals surface area (Å²) >= 11 is 0. The maximum atomic E-state index is 5.45. The van der Waals surface area contributed by atoms with Crippen LogP contribution in [0.1, 0.15) is 52.8 Å². The molecular weight excluding hydrogens is 226 g/mol. The second-order valence-corrected chi connectivity index (χ2v) is 5.79.